The Balaban J connectivity index is -0.000000215. The standard InChI is InChI=1S/2C7H9.C3H6.2ClH.Ti/c2*1-6-3-4-7(2)5-6;1-3-2;;;/h2*5H,3H2,1-2H3;1-2H3;2*1H;/q2*-1;;;;+2/p-2. The molecule has 0 unspecified atom stereocenters. The average Bonchev–Trinajstić information content (AvgIpc) is 2.76. The quantitative estimate of drug-likeness (QED) is 0.387. The largest absolute Gasteiger partial charge is 1.00 e. The second kappa shape index (κ2) is 14.1. The maximum atomic E-state index is 3.19. The van der Waals surface area contributed by atoms with E-state index in [0.717, 1.165) is 12.8 Å². The molecule has 0 saturated heterocycles. The van der Waals surface area contributed by atoms with Crippen LogP contribution in [0, 0.1) is 12.2 Å². The zero-order chi connectivity index (χ0) is 14.1. The molecule has 0 fully saturated rings. The summed E-state index contributed by atoms with van der Waals surface area (Å²) < 4.78 is 1.42. The van der Waals surface area contributed by atoms with E-state index in [9.17, 15) is 0 Å². The molecule has 0 spiro atoms. The SMILES string of the molecule is CC1=[C-]CC(C)=C1.CC1=[C-]CC(C)=C1.C[C](C)=[Ti+2].[Cl-].[Cl-]. The molecule has 0 radical (unpaired) electrons. The molecule has 0 aliphatic heterocycles. The first-order chi connectivity index (χ1) is 8.31. The van der Waals surface area contributed by atoms with Crippen molar-refractivity contribution in [3.8, 4) is 0 Å². The Morgan fingerprint density at radius 3 is 1.15 bits per heavy atom. The van der Waals surface area contributed by atoms with Crippen molar-refractivity contribution in [3.63, 3.8) is 0 Å². The van der Waals surface area contributed by atoms with Crippen molar-refractivity contribution in [1.29, 1.82) is 0 Å². The molecule has 2 aliphatic carbocycles. The second-order valence-electron chi connectivity index (χ2n) is 5.05. The molecule has 0 aromatic carbocycles. The summed E-state index contributed by atoms with van der Waals surface area (Å²) in [6, 6.07) is 0. The van der Waals surface area contributed by atoms with Crippen molar-refractivity contribution in [3.05, 3.63) is 46.6 Å². The molecule has 0 heterocycles. The molecule has 112 valence electrons. The van der Waals surface area contributed by atoms with Crippen molar-refractivity contribution in [1.82, 2.24) is 0 Å². The van der Waals surface area contributed by atoms with Crippen LogP contribution in [0.4, 0.5) is 0 Å². The van der Waals surface area contributed by atoms with E-state index in [1.165, 1.54) is 26.1 Å². The van der Waals surface area contributed by atoms with Gasteiger partial charge in [-0.05, 0) is 0 Å². The van der Waals surface area contributed by atoms with Crippen molar-refractivity contribution < 1.29 is 44.8 Å². The van der Waals surface area contributed by atoms with Gasteiger partial charge in [0.1, 0.15) is 0 Å². The molecule has 2 rings (SSSR count). The predicted molar refractivity (Wildman–Crippen MR) is 78.0 cm³/mol. The minimum atomic E-state index is 0. The van der Waals surface area contributed by atoms with Gasteiger partial charge in [0.15, 0.2) is 0 Å². The molecule has 0 bridgehead atoms. The van der Waals surface area contributed by atoms with Crippen LogP contribution >= 0.6 is 0 Å². The summed E-state index contributed by atoms with van der Waals surface area (Å²) in [6.45, 7) is 12.6. The minimum absolute atomic E-state index is 0. The Kier molecular flexibility index (Phi) is 17.7. The maximum Gasteiger partial charge on any atom is -1.00 e. The summed E-state index contributed by atoms with van der Waals surface area (Å²) in [5.74, 6) is 0. The fourth-order valence-electron chi connectivity index (χ4n) is 1.50. The third-order valence-electron chi connectivity index (χ3n) is 2.22. The molecule has 3 heteroatoms. The Hall–Kier alpha value is 0.124. The molecule has 0 atom stereocenters. The van der Waals surface area contributed by atoms with E-state index in [4.69, 9.17) is 0 Å². The number of allylic oxidation sites excluding steroid dienone is 8. The van der Waals surface area contributed by atoms with Crippen LogP contribution in [0.5, 0.6) is 0 Å². The molecule has 0 N–H and O–H groups in total. The maximum absolute atomic E-state index is 3.19. The summed E-state index contributed by atoms with van der Waals surface area (Å²) in [4.78, 5) is 0. The number of rotatable bonds is 0. The van der Waals surface area contributed by atoms with Crippen LogP contribution in [0.3, 0.4) is 0 Å². The van der Waals surface area contributed by atoms with Gasteiger partial charge in [0.05, 0.1) is 0 Å². The molecule has 0 nitrogen and oxygen atoms in total. The molecule has 0 amide bonds. The summed E-state index contributed by atoms with van der Waals surface area (Å²) in [7, 11) is 0. The van der Waals surface area contributed by atoms with Gasteiger partial charge in [0.2, 0.25) is 0 Å². The average molecular weight is 347 g/mol. The Morgan fingerprint density at radius 2 is 1.10 bits per heavy atom. The van der Waals surface area contributed by atoms with Crippen LogP contribution in [0.1, 0.15) is 54.4 Å². The van der Waals surface area contributed by atoms with E-state index in [1.807, 2.05) is 0 Å². The smallest absolute Gasteiger partial charge is 1.00 e. The van der Waals surface area contributed by atoms with E-state index in [0.29, 0.717) is 0 Å². The third-order valence-corrected chi connectivity index (χ3v) is 2.22. The van der Waals surface area contributed by atoms with E-state index in [2.05, 4.69) is 85.8 Å². The van der Waals surface area contributed by atoms with E-state index < -0.39 is 0 Å². The van der Waals surface area contributed by atoms with Gasteiger partial charge in [-0.25, -0.2) is 23.3 Å². The van der Waals surface area contributed by atoms with Gasteiger partial charge in [0, 0.05) is 0 Å². The Labute approximate surface area is 149 Å². The normalized spacial score (nSPS) is 14.8. The first-order valence-electron chi connectivity index (χ1n) is 6.32. The Morgan fingerprint density at radius 1 is 0.850 bits per heavy atom. The first-order valence-corrected chi connectivity index (χ1v) is 7.10. The molecule has 0 aromatic rings. The molecular formula is C17H24Cl2Ti-2. The van der Waals surface area contributed by atoms with Gasteiger partial charge in [-0.15, -0.1) is 12.8 Å². The van der Waals surface area contributed by atoms with Crippen LogP contribution in [-0.4, -0.2) is 3.81 Å². The van der Waals surface area contributed by atoms with Crippen LogP contribution < -0.4 is 24.8 Å². The van der Waals surface area contributed by atoms with E-state index in [1.54, 1.807) is 0 Å². The zero-order valence-electron chi connectivity index (χ0n) is 13.3. The van der Waals surface area contributed by atoms with Gasteiger partial charge in [-0.3, -0.25) is 12.2 Å². The predicted octanol–water partition coefficient (Wildman–Crippen LogP) is -1.07. The fraction of sp³-hybridized carbons (Fsp3) is 0.471. The van der Waals surface area contributed by atoms with Crippen molar-refractivity contribution >= 4 is 3.81 Å². The van der Waals surface area contributed by atoms with Gasteiger partial charge in [-0.2, -0.15) is 11.1 Å². The van der Waals surface area contributed by atoms with E-state index >= 15 is 0 Å². The van der Waals surface area contributed by atoms with Crippen LogP contribution in [0.2, 0.25) is 0 Å². The summed E-state index contributed by atoms with van der Waals surface area (Å²) in [5, 5.41) is 0. The number of hydrogen-bond acceptors (Lipinski definition) is 0. The van der Waals surface area contributed by atoms with Gasteiger partial charge in [0.25, 0.3) is 0 Å². The summed E-state index contributed by atoms with van der Waals surface area (Å²) in [6.07, 6.45) is 12.8. The number of hydrogen-bond donors (Lipinski definition) is 0. The minimum Gasteiger partial charge on any atom is -1.00 e. The van der Waals surface area contributed by atoms with Crippen molar-refractivity contribution in [2.24, 2.45) is 0 Å². The zero-order valence-corrected chi connectivity index (χ0v) is 16.4. The molecule has 2 aliphatic rings. The van der Waals surface area contributed by atoms with Gasteiger partial charge < -0.3 is 24.8 Å². The van der Waals surface area contributed by atoms with Gasteiger partial charge in [-0.1, -0.05) is 27.7 Å². The van der Waals surface area contributed by atoms with Gasteiger partial charge >= 0.3 is 37.6 Å². The first kappa shape index (κ1) is 25.1. The topological polar surface area (TPSA) is 0 Å². The fourth-order valence-corrected chi connectivity index (χ4v) is 1.50. The molecule has 20 heavy (non-hydrogen) atoms. The Bertz CT molecular complexity index is 375. The van der Waals surface area contributed by atoms with Crippen molar-refractivity contribution in [2.45, 2.75) is 54.4 Å². The monoisotopic (exact) mass is 346 g/mol. The third kappa shape index (κ3) is 16.2. The second-order valence-corrected chi connectivity index (χ2v) is 6.62. The van der Waals surface area contributed by atoms with Crippen molar-refractivity contribution in [2.75, 3.05) is 0 Å². The molecule has 0 saturated carbocycles. The van der Waals surface area contributed by atoms with E-state index in [-0.39, 0.29) is 24.8 Å². The molecular weight excluding hydrogens is 323 g/mol. The van der Waals surface area contributed by atoms with Crippen LogP contribution in [0.25, 0.3) is 0 Å². The van der Waals surface area contributed by atoms with Crippen LogP contribution in [0.15, 0.2) is 34.4 Å². The summed E-state index contributed by atoms with van der Waals surface area (Å²) >= 11 is 2.08. The number of halogens is 2. The summed E-state index contributed by atoms with van der Waals surface area (Å²) in [5.41, 5.74) is 5.44. The molecule has 0 aromatic heterocycles. The van der Waals surface area contributed by atoms with Crippen LogP contribution in [-0.2, 0) is 20.0 Å².